The maximum atomic E-state index is 13.4. The predicted octanol–water partition coefficient (Wildman–Crippen LogP) is 5.52. The van der Waals surface area contributed by atoms with E-state index in [2.05, 4.69) is 10.3 Å². The first-order chi connectivity index (χ1) is 15.7. The molecule has 0 saturated carbocycles. The van der Waals surface area contributed by atoms with Gasteiger partial charge in [-0.25, -0.2) is 4.98 Å². The third-order valence-electron chi connectivity index (χ3n) is 5.46. The molecular weight excluding hydrogens is 422 g/mol. The van der Waals surface area contributed by atoms with Crippen molar-refractivity contribution in [2.75, 3.05) is 31.1 Å². The highest BCUT2D eigenvalue weighted by Crippen LogP contribution is 2.40. The summed E-state index contributed by atoms with van der Waals surface area (Å²) in [6.45, 7) is 0.429. The van der Waals surface area contributed by atoms with Crippen molar-refractivity contribution in [2.45, 2.75) is 0 Å². The molecule has 1 N–H and O–H groups in total. The van der Waals surface area contributed by atoms with E-state index in [4.69, 9.17) is 9.47 Å². The molecule has 3 heterocycles. The number of carbonyl (C=O) groups excluding carboxylic acids is 1. The van der Waals surface area contributed by atoms with Crippen LogP contribution in [0.4, 0.5) is 10.7 Å². The van der Waals surface area contributed by atoms with E-state index in [9.17, 15) is 4.79 Å². The number of benzene rings is 2. The Morgan fingerprint density at radius 3 is 2.41 bits per heavy atom. The van der Waals surface area contributed by atoms with Crippen LogP contribution in [-0.4, -0.2) is 31.8 Å². The number of nitrogens with one attached hydrogen (secondary N) is 1. The van der Waals surface area contributed by atoms with Crippen LogP contribution in [0.3, 0.4) is 0 Å². The highest BCUT2D eigenvalue weighted by molar-refractivity contribution is 7.15. The SMILES string of the molecule is COc1ccc(N2CNc3scc(-c4ccc(-c5cccc(OC)n5)cc4)c3C2=O)cc1. The molecule has 2 aromatic carbocycles. The summed E-state index contributed by atoms with van der Waals surface area (Å²) in [4.78, 5) is 19.7. The van der Waals surface area contributed by atoms with Gasteiger partial charge < -0.3 is 14.8 Å². The largest absolute Gasteiger partial charge is 0.497 e. The molecule has 0 unspecified atom stereocenters. The first kappa shape index (κ1) is 20.1. The minimum absolute atomic E-state index is 0.0151. The van der Waals surface area contributed by atoms with Gasteiger partial charge in [0, 0.05) is 28.3 Å². The number of pyridine rings is 1. The highest BCUT2D eigenvalue weighted by Gasteiger charge is 2.30. The van der Waals surface area contributed by atoms with Crippen molar-refractivity contribution in [1.29, 1.82) is 0 Å². The summed E-state index contributed by atoms with van der Waals surface area (Å²) in [5, 5.41) is 6.31. The lowest BCUT2D eigenvalue weighted by atomic mass is 10.00. The number of ether oxygens (including phenoxy) is 2. The molecule has 0 fully saturated rings. The van der Waals surface area contributed by atoms with Crippen LogP contribution in [0.1, 0.15) is 10.4 Å². The van der Waals surface area contributed by atoms with Gasteiger partial charge >= 0.3 is 0 Å². The van der Waals surface area contributed by atoms with E-state index in [1.54, 1.807) is 30.5 Å². The minimum atomic E-state index is -0.0151. The van der Waals surface area contributed by atoms with Crippen molar-refractivity contribution in [3.05, 3.63) is 77.7 Å². The Kier molecular flexibility index (Phi) is 5.25. The average Bonchev–Trinajstić information content (AvgIpc) is 3.30. The zero-order valence-electron chi connectivity index (χ0n) is 17.7. The van der Waals surface area contributed by atoms with Crippen LogP contribution in [0.5, 0.6) is 11.6 Å². The molecule has 1 amide bonds. The predicted molar refractivity (Wildman–Crippen MR) is 128 cm³/mol. The number of fused-ring (bicyclic) bond motifs is 1. The molecule has 4 aromatic rings. The number of nitrogens with zero attached hydrogens (tertiary/aromatic N) is 2. The summed E-state index contributed by atoms with van der Waals surface area (Å²) in [5.41, 5.74) is 5.26. The van der Waals surface area contributed by atoms with E-state index in [0.717, 1.165) is 38.8 Å². The lowest BCUT2D eigenvalue weighted by Gasteiger charge is -2.28. The lowest BCUT2D eigenvalue weighted by molar-refractivity contribution is 0.0987. The fourth-order valence-electron chi connectivity index (χ4n) is 3.75. The van der Waals surface area contributed by atoms with Gasteiger partial charge in [-0.3, -0.25) is 9.69 Å². The third-order valence-corrected chi connectivity index (χ3v) is 6.39. The molecule has 0 spiro atoms. The highest BCUT2D eigenvalue weighted by atomic mass is 32.1. The first-order valence-electron chi connectivity index (χ1n) is 10.1. The molecule has 0 bridgehead atoms. The Hall–Kier alpha value is -3.84. The van der Waals surface area contributed by atoms with E-state index >= 15 is 0 Å². The third kappa shape index (κ3) is 3.56. The summed E-state index contributed by atoms with van der Waals surface area (Å²) in [6, 6.07) is 21.3. The summed E-state index contributed by atoms with van der Waals surface area (Å²) >= 11 is 1.55. The molecular formula is C25H21N3O3S. The number of anilines is 2. The second kappa shape index (κ2) is 8.36. The Labute approximate surface area is 190 Å². The minimum Gasteiger partial charge on any atom is -0.497 e. The molecule has 2 aromatic heterocycles. The monoisotopic (exact) mass is 443 g/mol. The van der Waals surface area contributed by atoms with Crippen molar-refractivity contribution >= 4 is 27.9 Å². The number of thiophene rings is 1. The van der Waals surface area contributed by atoms with Crippen LogP contribution in [0.25, 0.3) is 22.4 Å². The Morgan fingerprint density at radius 1 is 0.938 bits per heavy atom. The average molecular weight is 444 g/mol. The number of hydrogen-bond acceptors (Lipinski definition) is 6. The Balaban J connectivity index is 1.45. The number of aromatic nitrogens is 1. The van der Waals surface area contributed by atoms with Crippen LogP contribution in [-0.2, 0) is 0 Å². The number of hydrogen-bond donors (Lipinski definition) is 1. The van der Waals surface area contributed by atoms with Gasteiger partial charge in [0.15, 0.2) is 0 Å². The molecule has 5 rings (SSSR count). The van der Waals surface area contributed by atoms with Gasteiger partial charge in [-0.1, -0.05) is 30.3 Å². The molecule has 32 heavy (non-hydrogen) atoms. The van der Waals surface area contributed by atoms with E-state index in [1.807, 2.05) is 72.1 Å². The van der Waals surface area contributed by atoms with Crippen molar-refractivity contribution in [1.82, 2.24) is 4.98 Å². The van der Waals surface area contributed by atoms with Gasteiger partial charge in [-0.15, -0.1) is 11.3 Å². The maximum absolute atomic E-state index is 13.4. The van der Waals surface area contributed by atoms with Crippen molar-refractivity contribution in [2.24, 2.45) is 0 Å². The first-order valence-corrected chi connectivity index (χ1v) is 11.0. The van der Waals surface area contributed by atoms with Crippen LogP contribution in [0.2, 0.25) is 0 Å². The molecule has 1 aliphatic heterocycles. The zero-order chi connectivity index (χ0) is 22.1. The molecule has 6 nitrogen and oxygen atoms in total. The van der Waals surface area contributed by atoms with Crippen LogP contribution in [0, 0.1) is 0 Å². The van der Waals surface area contributed by atoms with Crippen molar-refractivity contribution in [3.63, 3.8) is 0 Å². The second-order valence-corrected chi connectivity index (χ2v) is 8.14. The van der Waals surface area contributed by atoms with Gasteiger partial charge in [0.25, 0.3) is 5.91 Å². The quantitative estimate of drug-likeness (QED) is 0.440. The Morgan fingerprint density at radius 2 is 1.69 bits per heavy atom. The fraction of sp³-hybridized carbons (Fsp3) is 0.120. The molecule has 7 heteroatoms. The van der Waals surface area contributed by atoms with E-state index in [0.29, 0.717) is 18.1 Å². The Bertz CT molecular complexity index is 1270. The van der Waals surface area contributed by atoms with Crippen molar-refractivity contribution in [3.8, 4) is 34.0 Å². The summed E-state index contributed by atoms with van der Waals surface area (Å²) in [7, 11) is 3.23. The molecule has 0 aliphatic carbocycles. The molecule has 1 aliphatic rings. The van der Waals surface area contributed by atoms with Gasteiger partial charge in [0.1, 0.15) is 10.8 Å². The number of carbonyl (C=O) groups is 1. The van der Waals surface area contributed by atoms with E-state index < -0.39 is 0 Å². The van der Waals surface area contributed by atoms with Crippen molar-refractivity contribution < 1.29 is 14.3 Å². The molecule has 0 atom stereocenters. The van der Waals surface area contributed by atoms with E-state index in [1.165, 1.54) is 0 Å². The smallest absolute Gasteiger partial charge is 0.263 e. The van der Waals surface area contributed by atoms with E-state index in [-0.39, 0.29) is 5.91 Å². The number of amides is 1. The topological polar surface area (TPSA) is 63.7 Å². The second-order valence-electron chi connectivity index (χ2n) is 7.26. The summed E-state index contributed by atoms with van der Waals surface area (Å²) < 4.78 is 10.5. The lowest BCUT2D eigenvalue weighted by Crippen LogP contribution is -2.39. The standard InChI is InChI=1S/C25H21N3O3S/c1-30-19-12-10-18(11-13-19)28-15-26-24-23(25(28)29)20(14-32-24)16-6-8-17(9-7-16)21-4-3-5-22(27-21)31-2/h3-14,26H,15H2,1-2H3. The van der Waals surface area contributed by atoms with Crippen LogP contribution < -0.4 is 19.7 Å². The van der Waals surface area contributed by atoms with Gasteiger partial charge in [0.05, 0.1) is 32.1 Å². The van der Waals surface area contributed by atoms with Gasteiger partial charge in [-0.2, -0.15) is 0 Å². The molecule has 0 saturated heterocycles. The normalized spacial score (nSPS) is 12.8. The molecule has 160 valence electrons. The summed E-state index contributed by atoms with van der Waals surface area (Å²) in [5.74, 6) is 1.32. The summed E-state index contributed by atoms with van der Waals surface area (Å²) in [6.07, 6.45) is 0. The van der Waals surface area contributed by atoms with Crippen LogP contribution in [0.15, 0.2) is 72.1 Å². The maximum Gasteiger partial charge on any atom is 0.263 e. The number of rotatable bonds is 5. The molecule has 0 radical (unpaired) electrons. The van der Waals surface area contributed by atoms with Gasteiger partial charge in [0.2, 0.25) is 5.88 Å². The van der Waals surface area contributed by atoms with Gasteiger partial charge in [-0.05, 0) is 35.9 Å². The van der Waals surface area contributed by atoms with Crippen LogP contribution >= 0.6 is 11.3 Å². The number of methoxy groups -OCH3 is 2. The fourth-order valence-corrected chi connectivity index (χ4v) is 4.70. The zero-order valence-corrected chi connectivity index (χ0v) is 18.5.